The van der Waals surface area contributed by atoms with Crippen molar-refractivity contribution in [3.05, 3.63) is 54.1 Å². The first kappa shape index (κ1) is 12.3. The maximum atomic E-state index is 12.9. The lowest BCUT2D eigenvalue weighted by Crippen LogP contribution is -2.22. The molecule has 1 aliphatic heterocycles. The van der Waals surface area contributed by atoms with Crippen LogP contribution in [0, 0.1) is 5.82 Å². The summed E-state index contributed by atoms with van der Waals surface area (Å²) in [5, 5.41) is 0.0780. The van der Waals surface area contributed by atoms with E-state index in [1.807, 2.05) is 30.1 Å². The first-order valence-electron chi connectivity index (χ1n) is 5.96. The molecule has 0 N–H and O–H groups in total. The topological polar surface area (TPSA) is 25.2 Å². The van der Waals surface area contributed by atoms with E-state index in [0.717, 1.165) is 11.3 Å². The van der Waals surface area contributed by atoms with Crippen LogP contribution in [-0.2, 0) is 4.79 Å². The van der Waals surface area contributed by atoms with Crippen molar-refractivity contribution in [3.63, 3.8) is 0 Å². The van der Waals surface area contributed by atoms with Gasteiger partial charge in [-0.3, -0.25) is 4.79 Å². The monoisotopic (exact) mass is 276 g/mol. The highest BCUT2D eigenvalue weighted by Gasteiger charge is 2.30. The lowest BCUT2D eigenvalue weighted by atomic mass is 10.3. The van der Waals surface area contributed by atoms with Crippen molar-refractivity contribution in [2.24, 2.45) is 0 Å². The lowest BCUT2D eigenvalue weighted by molar-refractivity contribution is -0.126. The zero-order valence-electron chi connectivity index (χ0n) is 10.4. The fourth-order valence-corrected chi connectivity index (χ4v) is 3.32. The molecule has 1 amide bonds. The largest absolute Gasteiger partial charge is 0.329 e. The Balaban J connectivity index is 1.87. The van der Waals surface area contributed by atoms with E-state index in [4.69, 9.17) is 0 Å². The summed E-state index contributed by atoms with van der Waals surface area (Å²) in [6, 6.07) is 8.34. The van der Waals surface area contributed by atoms with E-state index < -0.39 is 0 Å². The van der Waals surface area contributed by atoms with Crippen LogP contribution in [-0.4, -0.2) is 28.2 Å². The first-order valence-corrected chi connectivity index (χ1v) is 7.01. The number of nitrogens with zero attached hydrogens (tertiary/aromatic N) is 2. The van der Waals surface area contributed by atoms with E-state index in [2.05, 4.69) is 0 Å². The molecule has 1 aromatic carbocycles. The zero-order valence-corrected chi connectivity index (χ0v) is 11.2. The molecular formula is C14H13FN2OS. The highest BCUT2D eigenvalue weighted by Crippen LogP contribution is 2.37. The Morgan fingerprint density at radius 1 is 1.26 bits per heavy atom. The predicted octanol–water partition coefficient (Wildman–Crippen LogP) is 2.82. The fourth-order valence-electron chi connectivity index (χ4n) is 2.15. The molecule has 0 bridgehead atoms. The zero-order chi connectivity index (χ0) is 13.4. The molecule has 98 valence electrons. The summed E-state index contributed by atoms with van der Waals surface area (Å²) in [6.07, 6.45) is 3.92. The Labute approximate surface area is 115 Å². The van der Waals surface area contributed by atoms with Gasteiger partial charge in [-0.15, -0.1) is 11.8 Å². The van der Waals surface area contributed by atoms with Crippen LogP contribution >= 0.6 is 11.8 Å². The molecule has 1 aliphatic rings. The van der Waals surface area contributed by atoms with Crippen molar-refractivity contribution in [3.8, 4) is 5.69 Å². The molecule has 5 heteroatoms. The van der Waals surface area contributed by atoms with Crippen LogP contribution < -0.4 is 0 Å². The normalized spacial score (nSPS) is 19.2. The lowest BCUT2D eigenvalue weighted by Gasteiger charge is -2.17. The van der Waals surface area contributed by atoms with E-state index in [1.54, 1.807) is 28.8 Å². The molecule has 1 fully saturated rings. The summed E-state index contributed by atoms with van der Waals surface area (Å²) in [5.41, 5.74) is 1.99. The van der Waals surface area contributed by atoms with E-state index >= 15 is 0 Å². The van der Waals surface area contributed by atoms with Gasteiger partial charge in [0.05, 0.1) is 5.75 Å². The quantitative estimate of drug-likeness (QED) is 0.842. The van der Waals surface area contributed by atoms with Gasteiger partial charge in [-0.2, -0.15) is 0 Å². The average molecular weight is 276 g/mol. The molecule has 1 aromatic heterocycles. The Hall–Kier alpha value is -1.75. The van der Waals surface area contributed by atoms with Gasteiger partial charge in [-0.25, -0.2) is 4.39 Å². The number of hydrogen-bond donors (Lipinski definition) is 0. The number of halogens is 1. The summed E-state index contributed by atoms with van der Waals surface area (Å²) >= 11 is 1.63. The average Bonchev–Trinajstić information content (AvgIpc) is 2.99. The van der Waals surface area contributed by atoms with Crippen molar-refractivity contribution >= 4 is 17.7 Å². The second-order valence-electron chi connectivity index (χ2n) is 4.50. The predicted molar refractivity (Wildman–Crippen MR) is 73.7 cm³/mol. The van der Waals surface area contributed by atoms with Crippen LogP contribution in [0.15, 0.2) is 42.7 Å². The minimum absolute atomic E-state index is 0.0780. The molecule has 0 radical (unpaired) electrons. The van der Waals surface area contributed by atoms with E-state index in [0.29, 0.717) is 5.75 Å². The third-order valence-corrected chi connectivity index (χ3v) is 4.55. The van der Waals surface area contributed by atoms with Crippen LogP contribution in [0.2, 0.25) is 0 Å². The fraction of sp³-hybridized carbons (Fsp3) is 0.214. The smallest absolute Gasteiger partial charge is 0.233 e. The summed E-state index contributed by atoms with van der Waals surface area (Å²) in [4.78, 5) is 13.3. The van der Waals surface area contributed by atoms with Gasteiger partial charge < -0.3 is 9.47 Å². The number of carbonyl (C=O) groups is 1. The second kappa shape index (κ2) is 4.74. The molecular weight excluding hydrogens is 263 g/mol. The van der Waals surface area contributed by atoms with Crippen LogP contribution in [0.5, 0.6) is 0 Å². The van der Waals surface area contributed by atoms with Gasteiger partial charge in [0.15, 0.2) is 0 Å². The number of hydrogen-bond acceptors (Lipinski definition) is 2. The summed E-state index contributed by atoms with van der Waals surface area (Å²) in [5.74, 6) is 0.445. The SMILES string of the molecule is CN1C(=O)CS[C@@H]1c1ccn(-c2ccc(F)cc2)c1. The van der Waals surface area contributed by atoms with Gasteiger partial charge in [0.1, 0.15) is 11.2 Å². The van der Waals surface area contributed by atoms with Crippen LogP contribution in [0.3, 0.4) is 0 Å². The van der Waals surface area contributed by atoms with Crippen molar-refractivity contribution < 1.29 is 9.18 Å². The van der Waals surface area contributed by atoms with Crippen LogP contribution in [0.25, 0.3) is 5.69 Å². The molecule has 19 heavy (non-hydrogen) atoms. The highest BCUT2D eigenvalue weighted by molar-refractivity contribution is 8.00. The standard InChI is InChI=1S/C14H13FN2OS/c1-16-13(18)9-19-14(16)10-6-7-17(8-10)12-4-2-11(15)3-5-12/h2-8,14H,9H2,1H3/t14-/m1/s1. The maximum absolute atomic E-state index is 12.9. The van der Waals surface area contributed by atoms with Crippen LogP contribution in [0.4, 0.5) is 4.39 Å². The molecule has 2 aromatic rings. The van der Waals surface area contributed by atoms with Crippen molar-refractivity contribution in [2.45, 2.75) is 5.37 Å². The van der Waals surface area contributed by atoms with Gasteiger partial charge in [-0.05, 0) is 30.3 Å². The number of amides is 1. The maximum Gasteiger partial charge on any atom is 0.233 e. The molecule has 0 spiro atoms. The Morgan fingerprint density at radius 2 is 2.00 bits per heavy atom. The summed E-state index contributed by atoms with van der Waals surface area (Å²) in [7, 11) is 1.82. The first-order chi connectivity index (χ1) is 9.15. The van der Waals surface area contributed by atoms with Gasteiger partial charge >= 0.3 is 0 Å². The third kappa shape index (κ3) is 2.26. The second-order valence-corrected chi connectivity index (χ2v) is 5.57. The molecule has 0 aliphatic carbocycles. The van der Waals surface area contributed by atoms with Crippen molar-refractivity contribution in [1.82, 2.24) is 9.47 Å². The Kier molecular flexibility index (Phi) is 3.06. The van der Waals surface area contributed by atoms with Crippen LogP contribution in [0.1, 0.15) is 10.9 Å². The van der Waals surface area contributed by atoms with Crippen molar-refractivity contribution in [2.75, 3.05) is 12.8 Å². The van der Waals surface area contributed by atoms with E-state index in [9.17, 15) is 9.18 Å². The number of thioether (sulfide) groups is 1. The Morgan fingerprint density at radius 3 is 2.63 bits per heavy atom. The van der Waals surface area contributed by atoms with Gasteiger partial charge in [-0.1, -0.05) is 0 Å². The van der Waals surface area contributed by atoms with Crippen molar-refractivity contribution in [1.29, 1.82) is 0 Å². The summed E-state index contributed by atoms with van der Waals surface area (Å²) < 4.78 is 14.8. The van der Waals surface area contributed by atoms with E-state index in [1.165, 1.54) is 12.1 Å². The molecule has 0 saturated carbocycles. The van der Waals surface area contributed by atoms with Gasteiger partial charge in [0.25, 0.3) is 0 Å². The van der Waals surface area contributed by atoms with E-state index in [-0.39, 0.29) is 17.1 Å². The summed E-state index contributed by atoms with van der Waals surface area (Å²) in [6.45, 7) is 0. The molecule has 3 nitrogen and oxygen atoms in total. The molecule has 2 heterocycles. The number of aromatic nitrogens is 1. The molecule has 1 atom stereocenters. The third-order valence-electron chi connectivity index (χ3n) is 3.24. The Bertz CT molecular complexity index is 608. The number of benzene rings is 1. The number of carbonyl (C=O) groups excluding carboxylic acids is 1. The molecule has 3 rings (SSSR count). The number of rotatable bonds is 2. The molecule has 1 saturated heterocycles. The van der Waals surface area contributed by atoms with Gasteiger partial charge in [0, 0.05) is 30.7 Å². The minimum atomic E-state index is -0.243. The minimum Gasteiger partial charge on any atom is -0.329 e. The highest BCUT2D eigenvalue weighted by atomic mass is 32.2. The van der Waals surface area contributed by atoms with Gasteiger partial charge in [0.2, 0.25) is 5.91 Å². The molecule has 0 unspecified atom stereocenters.